The van der Waals surface area contributed by atoms with E-state index in [9.17, 15) is 13.2 Å². The number of methoxy groups -OCH3 is 1. The number of hydrogen-bond acceptors (Lipinski definition) is 7. The van der Waals surface area contributed by atoms with E-state index in [1.165, 1.54) is 11.4 Å². The highest BCUT2D eigenvalue weighted by atomic mass is 32.2. The van der Waals surface area contributed by atoms with Crippen molar-refractivity contribution in [1.29, 1.82) is 0 Å². The van der Waals surface area contributed by atoms with E-state index in [2.05, 4.69) is 5.32 Å². The summed E-state index contributed by atoms with van der Waals surface area (Å²) in [6, 6.07) is 2.52. The zero-order valence-electron chi connectivity index (χ0n) is 12.9. The van der Waals surface area contributed by atoms with Crippen LogP contribution in [-0.2, 0) is 30.8 Å². The van der Waals surface area contributed by atoms with Crippen LogP contribution in [0.2, 0.25) is 0 Å². The molecule has 0 radical (unpaired) electrons. The van der Waals surface area contributed by atoms with Crippen LogP contribution in [0.15, 0.2) is 16.3 Å². The van der Waals surface area contributed by atoms with Crippen LogP contribution in [0.4, 0.5) is 0 Å². The molecule has 0 bridgehead atoms. The molecule has 1 amide bonds. The number of amides is 1. The van der Waals surface area contributed by atoms with E-state index >= 15 is 0 Å². The molecule has 1 aliphatic heterocycles. The first kappa shape index (κ1) is 18.3. The second-order valence-electron chi connectivity index (χ2n) is 5.02. The van der Waals surface area contributed by atoms with Crippen LogP contribution in [0, 0.1) is 0 Å². The second-order valence-corrected chi connectivity index (χ2v) is 8.35. The molecule has 0 aliphatic carbocycles. The third-order valence-corrected chi connectivity index (χ3v) is 6.77. The lowest BCUT2D eigenvalue weighted by atomic mass is 10.3. The van der Waals surface area contributed by atoms with Crippen molar-refractivity contribution in [3.63, 3.8) is 0 Å². The van der Waals surface area contributed by atoms with Gasteiger partial charge in [0.1, 0.15) is 10.3 Å². The summed E-state index contributed by atoms with van der Waals surface area (Å²) in [7, 11) is -2.02. The number of carbonyl (C=O) groups excluding carboxylic acids is 1. The number of nitrogens with two attached hydrogens (primary N) is 1. The maximum atomic E-state index is 12.5. The van der Waals surface area contributed by atoms with E-state index in [4.69, 9.17) is 15.2 Å². The highest BCUT2D eigenvalue weighted by Crippen LogP contribution is 2.25. The van der Waals surface area contributed by atoms with Gasteiger partial charge in [0.2, 0.25) is 5.91 Å². The van der Waals surface area contributed by atoms with Gasteiger partial charge in [0.15, 0.2) is 0 Å². The number of nitrogens with one attached hydrogen (secondary N) is 1. The number of ether oxygens (including phenoxy) is 2. The molecule has 2 rings (SSSR count). The molecular weight excluding hydrogens is 342 g/mol. The predicted molar refractivity (Wildman–Crippen MR) is 85.6 cm³/mol. The Morgan fingerprint density at radius 3 is 2.83 bits per heavy atom. The summed E-state index contributed by atoms with van der Waals surface area (Å²) in [6.07, 6.45) is 0. The number of rotatable bonds is 7. The predicted octanol–water partition coefficient (Wildman–Crippen LogP) is -0.641. The van der Waals surface area contributed by atoms with Gasteiger partial charge in [0, 0.05) is 25.1 Å². The van der Waals surface area contributed by atoms with Gasteiger partial charge in [-0.3, -0.25) is 4.79 Å². The average Bonchev–Trinajstić information content (AvgIpc) is 3.03. The van der Waals surface area contributed by atoms with E-state index in [-0.39, 0.29) is 23.3 Å². The number of sulfonamides is 1. The molecule has 1 unspecified atom stereocenters. The zero-order chi connectivity index (χ0) is 16.9. The van der Waals surface area contributed by atoms with E-state index in [0.717, 1.165) is 16.2 Å². The topological polar surface area (TPSA) is 111 Å². The highest BCUT2D eigenvalue weighted by molar-refractivity contribution is 7.91. The molecule has 130 valence electrons. The fourth-order valence-electron chi connectivity index (χ4n) is 2.07. The SMILES string of the molecule is COCC(N)C(=O)NCc1ccc(S(=O)(=O)N2CCOCC2)s1. The summed E-state index contributed by atoms with van der Waals surface area (Å²) in [6.45, 7) is 1.90. The highest BCUT2D eigenvalue weighted by Gasteiger charge is 2.27. The molecule has 1 atom stereocenters. The van der Waals surface area contributed by atoms with Crippen LogP contribution >= 0.6 is 11.3 Å². The Balaban J connectivity index is 1.96. The van der Waals surface area contributed by atoms with E-state index < -0.39 is 16.1 Å². The third-order valence-electron chi connectivity index (χ3n) is 3.32. The molecule has 1 aromatic rings. The molecule has 8 nitrogen and oxygen atoms in total. The van der Waals surface area contributed by atoms with Gasteiger partial charge in [-0.1, -0.05) is 0 Å². The normalized spacial score (nSPS) is 17.8. The molecule has 23 heavy (non-hydrogen) atoms. The molecule has 0 aromatic carbocycles. The molecule has 1 aromatic heterocycles. The Morgan fingerprint density at radius 1 is 1.48 bits per heavy atom. The van der Waals surface area contributed by atoms with Crippen LogP contribution in [0.5, 0.6) is 0 Å². The second kappa shape index (κ2) is 8.18. The minimum Gasteiger partial charge on any atom is -0.383 e. The first-order chi connectivity index (χ1) is 10.9. The van der Waals surface area contributed by atoms with Crippen molar-refractivity contribution in [1.82, 2.24) is 9.62 Å². The van der Waals surface area contributed by atoms with Gasteiger partial charge < -0.3 is 20.5 Å². The monoisotopic (exact) mass is 363 g/mol. The van der Waals surface area contributed by atoms with Gasteiger partial charge in [-0.15, -0.1) is 11.3 Å². The quantitative estimate of drug-likeness (QED) is 0.667. The number of thiophene rings is 1. The van der Waals surface area contributed by atoms with Crippen molar-refractivity contribution in [2.75, 3.05) is 40.0 Å². The summed E-state index contributed by atoms with van der Waals surface area (Å²) >= 11 is 1.14. The fraction of sp³-hybridized carbons (Fsp3) is 0.615. The van der Waals surface area contributed by atoms with Crippen molar-refractivity contribution in [3.8, 4) is 0 Å². The van der Waals surface area contributed by atoms with Gasteiger partial charge >= 0.3 is 0 Å². The van der Waals surface area contributed by atoms with E-state index in [1.54, 1.807) is 12.1 Å². The van der Waals surface area contributed by atoms with Crippen molar-refractivity contribution < 1.29 is 22.7 Å². The largest absolute Gasteiger partial charge is 0.383 e. The molecule has 1 aliphatic rings. The Labute approximate surface area is 139 Å². The van der Waals surface area contributed by atoms with Crippen LogP contribution in [-0.4, -0.2) is 64.7 Å². The standard InChI is InChI=1S/C13H21N3O5S2/c1-20-9-11(14)13(17)15-8-10-2-3-12(22-10)23(18,19)16-4-6-21-7-5-16/h2-3,11H,4-9,14H2,1H3,(H,15,17). The maximum Gasteiger partial charge on any atom is 0.252 e. The van der Waals surface area contributed by atoms with Crippen LogP contribution in [0.1, 0.15) is 4.88 Å². The summed E-state index contributed by atoms with van der Waals surface area (Å²) in [5, 5.41) is 2.67. The molecule has 1 saturated heterocycles. The zero-order valence-corrected chi connectivity index (χ0v) is 14.5. The van der Waals surface area contributed by atoms with Crippen LogP contribution in [0.25, 0.3) is 0 Å². The Hall–Kier alpha value is -1.04. The number of nitrogens with zero attached hydrogens (tertiary/aromatic N) is 1. The lowest BCUT2D eigenvalue weighted by Crippen LogP contribution is -2.43. The van der Waals surface area contributed by atoms with Gasteiger partial charge in [0.05, 0.1) is 26.4 Å². The van der Waals surface area contributed by atoms with Gasteiger partial charge in [-0.25, -0.2) is 8.42 Å². The minimum absolute atomic E-state index is 0.132. The van der Waals surface area contributed by atoms with Gasteiger partial charge in [-0.05, 0) is 12.1 Å². The van der Waals surface area contributed by atoms with Gasteiger partial charge in [0.25, 0.3) is 10.0 Å². The van der Waals surface area contributed by atoms with Gasteiger partial charge in [-0.2, -0.15) is 4.31 Å². The third kappa shape index (κ3) is 4.72. The van der Waals surface area contributed by atoms with Crippen LogP contribution < -0.4 is 11.1 Å². The summed E-state index contributed by atoms with van der Waals surface area (Å²) in [4.78, 5) is 12.5. The number of carbonyl (C=O) groups is 1. The maximum absolute atomic E-state index is 12.5. The fourth-order valence-corrected chi connectivity index (χ4v) is 4.92. The molecule has 1 fully saturated rings. The molecule has 0 spiro atoms. The summed E-state index contributed by atoms with van der Waals surface area (Å²) < 4.78 is 36.6. The summed E-state index contributed by atoms with van der Waals surface area (Å²) in [5.74, 6) is -0.335. The van der Waals surface area contributed by atoms with E-state index in [1.807, 2.05) is 0 Å². The lowest BCUT2D eigenvalue weighted by molar-refractivity contribution is -0.123. The van der Waals surface area contributed by atoms with Crippen molar-refractivity contribution in [2.45, 2.75) is 16.8 Å². The molecule has 3 N–H and O–H groups in total. The molecule has 0 saturated carbocycles. The smallest absolute Gasteiger partial charge is 0.252 e. The average molecular weight is 363 g/mol. The van der Waals surface area contributed by atoms with Crippen molar-refractivity contribution in [3.05, 3.63) is 17.0 Å². The Morgan fingerprint density at radius 2 is 2.17 bits per heavy atom. The number of morpholine rings is 1. The van der Waals surface area contributed by atoms with E-state index in [0.29, 0.717) is 26.3 Å². The summed E-state index contributed by atoms with van der Waals surface area (Å²) in [5.41, 5.74) is 5.62. The van der Waals surface area contributed by atoms with Crippen LogP contribution in [0.3, 0.4) is 0 Å². The van der Waals surface area contributed by atoms with Crippen molar-refractivity contribution >= 4 is 27.3 Å². The lowest BCUT2D eigenvalue weighted by Gasteiger charge is -2.25. The first-order valence-electron chi connectivity index (χ1n) is 7.14. The minimum atomic E-state index is -3.49. The Bertz CT molecular complexity index is 625. The first-order valence-corrected chi connectivity index (χ1v) is 9.39. The number of hydrogen-bond donors (Lipinski definition) is 2. The van der Waals surface area contributed by atoms with Crippen molar-refractivity contribution in [2.24, 2.45) is 5.73 Å². The molecule has 2 heterocycles. The molecular formula is C13H21N3O5S2. The Kier molecular flexibility index (Phi) is 6.50. The molecule has 10 heteroatoms.